The van der Waals surface area contributed by atoms with Crippen molar-refractivity contribution in [3.8, 4) is 22.6 Å². The second-order valence-electron chi connectivity index (χ2n) is 16.8. The van der Waals surface area contributed by atoms with Crippen LogP contribution in [0.15, 0.2) is 133 Å². The van der Waals surface area contributed by atoms with E-state index in [1.807, 2.05) is 36.4 Å². The number of methoxy groups -OCH3 is 1. The molecule has 1 spiro atoms. The van der Waals surface area contributed by atoms with Gasteiger partial charge in [0.2, 0.25) is 0 Å². The van der Waals surface area contributed by atoms with Crippen LogP contribution in [-0.4, -0.2) is 18.9 Å². The van der Waals surface area contributed by atoms with Crippen LogP contribution in [0.1, 0.15) is 113 Å². The Morgan fingerprint density at radius 2 is 0.981 bits per heavy atom. The van der Waals surface area contributed by atoms with Gasteiger partial charge in [0.25, 0.3) is 0 Å². The lowest BCUT2D eigenvalue weighted by atomic mass is 9.68. The molecular weight excluding hydrogens is 665 g/mol. The SMILES string of the molecule is COc1ccc(C2(c3ccc(OC(=O)c4ccc5c(c4)C4(CC(C)(C)c6ccc(C(C)=O)cc64)CC5(C)C)cc3)c3ccccc3-c3ccccc32)cc1. The normalized spacial score (nSPS) is 19.1. The van der Waals surface area contributed by atoms with Crippen LogP contribution in [0, 0.1) is 0 Å². The van der Waals surface area contributed by atoms with Crippen molar-refractivity contribution in [3.05, 3.63) is 189 Å². The van der Waals surface area contributed by atoms with Crippen LogP contribution < -0.4 is 9.47 Å². The van der Waals surface area contributed by atoms with E-state index in [-0.39, 0.29) is 28.0 Å². The summed E-state index contributed by atoms with van der Waals surface area (Å²) in [5.74, 6) is 0.970. The number of Topliss-reactive ketones (excluding diaryl/α,β-unsaturated/α-hetero) is 1. The maximum absolute atomic E-state index is 14.0. The Bertz CT molecular complexity index is 2450. The summed E-state index contributed by atoms with van der Waals surface area (Å²) >= 11 is 0. The number of carbonyl (C=O) groups excluding carboxylic acids is 2. The molecule has 1 atom stereocenters. The summed E-state index contributed by atoms with van der Waals surface area (Å²) in [6.45, 7) is 10.8. The van der Waals surface area contributed by atoms with E-state index < -0.39 is 5.41 Å². The number of hydrogen-bond donors (Lipinski definition) is 0. The van der Waals surface area contributed by atoms with Crippen LogP contribution in [0.2, 0.25) is 0 Å². The number of rotatable bonds is 6. The molecule has 9 rings (SSSR count). The predicted molar refractivity (Wildman–Crippen MR) is 214 cm³/mol. The Balaban J connectivity index is 1.09. The Kier molecular flexibility index (Phi) is 7.49. The van der Waals surface area contributed by atoms with Gasteiger partial charge in [-0.1, -0.05) is 119 Å². The molecule has 0 bridgehead atoms. The van der Waals surface area contributed by atoms with E-state index in [0.29, 0.717) is 11.3 Å². The maximum Gasteiger partial charge on any atom is 0.343 e. The van der Waals surface area contributed by atoms with Gasteiger partial charge in [-0.05, 0) is 129 Å². The zero-order valence-electron chi connectivity index (χ0n) is 31.7. The molecule has 0 aliphatic heterocycles. The first-order valence-electron chi connectivity index (χ1n) is 18.9. The first-order valence-corrected chi connectivity index (χ1v) is 18.9. The molecule has 0 N–H and O–H groups in total. The molecule has 4 heteroatoms. The molecule has 0 saturated heterocycles. The molecule has 0 saturated carbocycles. The Morgan fingerprint density at radius 3 is 1.48 bits per heavy atom. The van der Waals surface area contributed by atoms with E-state index in [1.54, 1.807) is 14.0 Å². The summed E-state index contributed by atoms with van der Waals surface area (Å²) in [6, 6.07) is 45.9. The summed E-state index contributed by atoms with van der Waals surface area (Å²) in [5.41, 5.74) is 12.2. The van der Waals surface area contributed by atoms with E-state index in [4.69, 9.17) is 9.47 Å². The average molecular weight is 709 g/mol. The zero-order valence-corrected chi connectivity index (χ0v) is 31.7. The van der Waals surface area contributed by atoms with Gasteiger partial charge in [0.15, 0.2) is 5.78 Å². The fourth-order valence-electron chi connectivity index (χ4n) is 10.5. The molecular formula is C50H44O4. The van der Waals surface area contributed by atoms with E-state index in [2.05, 4.69) is 125 Å². The molecule has 54 heavy (non-hydrogen) atoms. The molecule has 0 radical (unpaired) electrons. The van der Waals surface area contributed by atoms with E-state index in [1.165, 1.54) is 44.5 Å². The predicted octanol–water partition coefficient (Wildman–Crippen LogP) is 11.1. The van der Waals surface area contributed by atoms with Crippen molar-refractivity contribution in [2.45, 2.75) is 69.1 Å². The van der Waals surface area contributed by atoms with Crippen LogP contribution in [-0.2, 0) is 21.7 Å². The summed E-state index contributed by atoms with van der Waals surface area (Å²) < 4.78 is 11.7. The highest BCUT2D eigenvalue weighted by molar-refractivity contribution is 5.95. The second-order valence-corrected chi connectivity index (χ2v) is 16.8. The van der Waals surface area contributed by atoms with Crippen LogP contribution in [0.3, 0.4) is 0 Å². The number of esters is 1. The zero-order chi connectivity index (χ0) is 37.6. The number of benzene rings is 6. The minimum atomic E-state index is -0.573. The summed E-state index contributed by atoms with van der Waals surface area (Å²) in [6.07, 6.45) is 1.82. The van der Waals surface area contributed by atoms with Gasteiger partial charge in [0, 0.05) is 11.0 Å². The largest absolute Gasteiger partial charge is 0.497 e. The molecule has 6 aromatic rings. The third-order valence-electron chi connectivity index (χ3n) is 12.6. The van der Waals surface area contributed by atoms with Crippen molar-refractivity contribution in [2.75, 3.05) is 7.11 Å². The molecule has 3 aliphatic carbocycles. The Morgan fingerprint density at radius 1 is 0.519 bits per heavy atom. The van der Waals surface area contributed by atoms with Crippen molar-refractivity contribution in [3.63, 3.8) is 0 Å². The van der Waals surface area contributed by atoms with E-state index >= 15 is 0 Å². The lowest BCUT2D eigenvalue weighted by molar-refractivity contribution is 0.0734. The topological polar surface area (TPSA) is 52.6 Å². The molecule has 0 fully saturated rings. The van der Waals surface area contributed by atoms with Crippen LogP contribution in [0.5, 0.6) is 11.5 Å². The van der Waals surface area contributed by atoms with Gasteiger partial charge in [0.05, 0.1) is 18.1 Å². The van der Waals surface area contributed by atoms with Crippen molar-refractivity contribution in [2.24, 2.45) is 0 Å². The van der Waals surface area contributed by atoms with Gasteiger partial charge in [-0.3, -0.25) is 4.79 Å². The van der Waals surface area contributed by atoms with Gasteiger partial charge in [-0.15, -0.1) is 0 Å². The molecule has 0 aromatic heterocycles. The standard InChI is InChI=1S/C50H44O4/c1-31(51)32-15-25-42-44(27-32)49(29-47(42,2)3)30-48(4,5)43-26-16-33(28-45(43)49)46(52)54-37-23-19-35(20-24-37)50(34-17-21-36(53-6)22-18-34)40-13-9-7-11-38(40)39-12-8-10-14-41(39)50/h7-28H,29-30H2,1-6H3. The average Bonchev–Trinajstić information content (AvgIpc) is 3.70. The monoisotopic (exact) mass is 708 g/mol. The quantitative estimate of drug-likeness (QED) is 0.0980. The summed E-state index contributed by atoms with van der Waals surface area (Å²) in [5, 5.41) is 0. The number of fused-ring (bicyclic) bond motifs is 7. The van der Waals surface area contributed by atoms with Crippen molar-refractivity contribution in [1.82, 2.24) is 0 Å². The van der Waals surface area contributed by atoms with E-state index in [0.717, 1.165) is 35.3 Å². The molecule has 6 aromatic carbocycles. The lowest BCUT2D eigenvalue weighted by Crippen LogP contribution is -2.28. The molecule has 268 valence electrons. The molecule has 3 aliphatic rings. The Hall–Kier alpha value is -5.74. The van der Waals surface area contributed by atoms with Crippen LogP contribution in [0.4, 0.5) is 0 Å². The number of ketones is 1. The van der Waals surface area contributed by atoms with Gasteiger partial charge in [-0.25, -0.2) is 4.79 Å². The smallest absolute Gasteiger partial charge is 0.343 e. The number of hydrogen-bond acceptors (Lipinski definition) is 4. The highest BCUT2D eigenvalue weighted by atomic mass is 16.5. The molecule has 0 heterocycles. The summed E-state index contributed by atoms with van der Waals surface area (Å²) in [7, 11) is 1.69. The van der Waals surface area contributed by atoms with Crippen LogP contribution in [0.25, 0.3) is 11.1 Å². The Labute approximate surface area is 317 Å². The fraction of sp³-hybridized carbons (Fsp3) is 0.240. The number of carbonyl (C=O) groups is 2. The minimum absolute atomic E-state index is 0.0646. The van der Waals surface area contributed by atoms with Gasteiger partial charge >= 0.3 is 5.97 Å². The summed E-state index contributed by atoms with van der Waals surface area (Å²) in [4.78, 5) is 26.6. The second kappa shape index (κ2) is 11.9. The first kappa shape index (κ1) is 34.1. The van der Waals surface area contributed by atoms with Gasteiger partial charge in [-0.2, -0.15) is 0 Å². The van der Waals surface area contributed by atoms with Crippen molar-refractivity contribution in [1.29, 1.82) is 0 Å². The maximum atomic E-state index is 14.0. The van der Waals surface area contributed by atoms with Crippen LogP contribution >= 0.6 is 0 Å². The molecule has 4 nitrogen and oxygen atoms in total. The molecule has 0 amide bonds. The van der Waals surface area contributed by atoms with Gasteiger partial charge in [0.1, 0.15) is 11.5 Å². The molecule has 1 unspecified atom stereocenters. The third kappa shape index (κ3) is 4.82. The first-order chi connectivity index (χ1) is 25.9. The van der Waals surface area contributed by atoms with Gasteiger partial charge < -0.3 is 9.47 Å². The fourth-order valence-corrected chi connectivity index (χ4v) is 10.5. The third-order valence-corrected chi connectivity index (χ3v) is 12.6. The lowest BCUT2D eigenvalue weighted by Gasteiger charge is -2.34. The van der Waals surface area contributed by atoms with Crippen molar-refractivity contribution < 1.29 is 19.1 Å². The minimum Gasteiger partial charge on any atom is -0.497 e. The van der Waals surface area contributed by atoms with E-state index in [9.17, 15) is 9.59 Å². The van der Waals surface area contributed by atoms with Crippen molar-refractivity contribution >= 4 is 11.8 Å². The highest BCUT2D eigenvalue weighted by Gasteiger charge is 2.56. The number of ether oxygens (including phenoxy) is 2. The highest BCUT2D eigenvalue weighted by Crippen LogP contribution is 2.63.